The number of methoxy groups -OCH3 is 2. The first-order valence-corrected chi connectivity index (χ1v) is 22.2. The van der Waals surface area contributed by atoms with Crippen LogP contribution in [0.4, 0.5) is 9.59 Å². The van der Waals surface area contributed by atoms with Gasteiger partial charge in [0, 0.05) is 37.1 Å². The van der Waals surface area contributed by atoms with E-state index >= 15 is 0 Å². The van der Waals surface area contributed by atoms with Gasteiger partial charge in [0.2, 0.25) is 11.8 Å². The summed E-state index contributed by atoms with van der Waals surface area (Å²) in [5.74, 6) is 1.51. The van der Waals surface area contributed by atoms with Crippen LogP contribution in [0.5, 0.6) is 11.5 Å². The van der Waals surface area contributed by atoms with Crippen molar-refractivity contribution < 1.29 is 38.1 Å². The molecule has 0 bridgehead atoms. The number of aromatic nitrogens is 4. The van der Waals surface area contributed by atoms with E-state index in [1.165, 1.54) is 14.2 Å². The van der Waals surface area contributed by atoms with Gasteiger partial charge in [-0.1, -0.05) is 39.8 Å². The number of fused-ring (bicyclic) bond motifs is 3. The molecule has 3 fully saturated rings. The summed E-state index contributed by atoms with van der Waals surface area (Å²) in [6.07, 6.45) is 5.49. The highest BCUT2D eigenvalue weighted by Gasteiger charge is 2.46. The number of nitrogens with one attached hydrogen (secondary N) is 4. The lowest BCUT2D eigenvalue weighted by Crippen LogP contribution is -2.51. The first-order chi connectivity index (χ1) is 30.4. The zero-order valence-corrected chi connectivity index (χ0v) is 36.7. The zero-order chi connectivity index (χ0) is 44.2. The highest BCUT2D eigenvalue weighted by atomic mass is 16.7. The minimum atomic E-state index is -0.728. The highest BCUT2D eigenvalue weighted by Crippen LogP contribution is 2.55. The van der Waals surface area contributed by atoms with E-state index in [2.05, 4.69) is 44.9 Å². The molecule has 3 aromatic carbocycles. The molecule has 16 heteroatoms. The SMILES string of the molecule is COC(=O)N[C@H](C(=O)N1CCC[C@H]1c1nc2ccc(-c3ccc(-c4ccc5nc([C@@H]6CCCN6C(=O)[C@@H](NC(=O)OC)C(C)C)[nH]c5c4)c4c3OC3(CCCC3)O4)cc2[nH]1)C(C)C. The van der Waals surface area contributed by atoms with Crippen LogP contribution >= 0.6 is 0 Å². The molecule has 5 heterocycles. The summed E-state index contributed by atoms with van der Waals surface area (Å²) >= 11 is 0. The van der Waals surface area contributed by atoms with Crippen molar-refractivity contribution in [3.05, 3.63) is 60.2 Å². The molecule has 332 valence electrons. The van der Waals surface area contributed by atoms with Crippen molar-refractivity contribution in [1.29, 1.82) is 0 Å². The Morgan fingerprint density at radius 2 is 1.10 bits per heavy atom. The molecule has 16 nitrogen and oxygen atoms in total. The molecule has 2 saturated heterocycles. The van der Waals surface area contributed by atoms with Gasteiger partial charge in [-0.05, 0) is 97.9 Å². The van der Waals surface area contributed by atoms with Crippen LogP contribution in [0.25, 0.3) is 44.3 Å². The summed E-state index contributed by atoms with van der Waals surface area (Å²) in [5.41, 5.74) is 6.92. The van der Waals surface area contributed by atoms with E-state index in [-0.39, 0.29) is 35.7 Å². The summed E-state index contributed by atoms with van der Waals surface area (Å²) in [6.45, 7) is 8.75. The molecule has 1 spiro atoms. The number of alkyl carbamates (subject to hydrolysis) is 2. The van der Waals surface area contributed by atoms with Crippen LogP contribution in [-0.2, 0) is 19.1 Å². The Morgan fingerprint density at radius 1 is 0.667 bits per heavy atom. The number of H-pyrrole nitrogens is 2. The Morgan fingerprint density at radius 3 is 1.49 bits per heavy atom. The van der Waals surface area contributed by atoms with Crippen LogP contribution in [0.15, 0.2) is 48.5 Å². The first-order valence-electron chi connectivity index (χ1n) is 22.2. The summed E-state index contributed by atoms with van der Waals surface area (Å²) in [7, 11) is 2.58. The molecule has 1 saturated carbocycles. The molecule has 4 amide bonds. The van der Waals surface area contributed by atoms with Crippen LogP contribution in [0.3, 0.4) is 0 Å². The minimum absolute atomic E-state index is 0.130. The fourth-order valence-electron chi connectivity index (χ4n) is 9.83. The van der Waals surface area contributed by atoms with Gasteiger partial charge < -0.3 is 49.3 Å². The number of rotatable bonds is 10. The molecule has 5 aromatic rings. The molecule has 0 radical (unpaired) electrons. The smallest absolute Gasteiger partial charge is 0.407 e. The van der Waals surface area contributed by atoms with E-state index in [4.69, 9.17) is 28.9 Å². The minimum Gasteiger partial charge on any atom is -0.453 e. The number of likely N-dealkylation sites (tertiary alicyclic amines) is 2. The molecule has 9 rings (SSSR count). The number of carbonyl (C=O) groups excluding carboxylic acids is 4. The van der Waals surface area contributed by atoms with Crippen molar-refractivity contribution in [3.63, 3.8) is 0 Å². The lowest BCUT2D eigenvalue weighted by molar-refractivity contribution is -0.136. The Labute approximate surface area is 365 Å². The number of imidazole rings is 2. The third kappa shape index (κ3) is 7.77. The average molecular weight is 861 g/mol. The Kier molecular flexibility index (Phi) is 11.2. The van der Waals surface area contributed by atoms with Crippen LogP contribution in [-0.4, -0.2) is 98.9 Å². The average Bonchev–Trinajstić information content (AvgIpc) is 4.14. The van der Waals surface area contributed by atoms with Crippen molar-refractivity contribution in [2.45, 2.75) is 109 Å². The largest absolute Gasteiger partial charge is 0.453 e. The molecule has 2 aromatic heterocycles. The van der Waals surface area contributed by atoms with E-state index in [0.29, 0.717) is 36.2 Å². The van der Waals surface area contributed by atoms with Crippen molar-refractivity contribution in [2.75, 3.05) is 27.3 Å². The monoisotopic (exact) mass is 860 g/mol. The molecular weight excluding hydrogens is 805 g/mol. The fourth-order valence-corrected chi connectivity index (χ4v) is 9.83. The van der Waals surface area contributed by atoms with Gasteiger partial charge in [0.15, 0.2) is 11.5 Å². The van der Waals surface area contributed by atoms with Crippen LogP contribution in [0.2, 0.25) is 0 Å². The van der Waals surface area contributed by atoms with Crippen molar-refractivity contribution in [1.82, 2.24) is 40.4 Å². The van der Waals surface area contributed by atoms with Gasteiger partial charge in [-0.3, -0.25) is 9.59 Å². The summed E-state index contributed by atoms with van der Waals surface area (Å²) in [5, 5.41) is 5.44. The number of amides is 4. The highest BCUT2D eigenvalue weighted by molar-refractivity contribution is 5.91. The van der Waals surface area contributed by atoms with Crippen molar-refractivity contribution in [3.8, 4) is 33.8 Å². The van der Waals surface area contributed by atoms with Gasteiger partial charge in [0.25, 0.3) is 5.79 Å². The molecule has 3 aliphatic heterocycles. The molecule has 4 aliphatic rings. The second-order valence-corrected chi connectivity index (χ2v) is 17.9. The number of nitrogens with zero attached hydrogens (tertiary/aromatic N) is 4. The Hall–Kier alpha value is -6.32. The second-order valence-electron chi connectivity index (χ2n) is 17.9. The third-order valence-corrected chi connectivity index (χ3v) is 13.2. The molecule has 0 unspecified atom stereocenters. The van der Waals surface area contributed by atoms with Gasteiger partial charge in [-0.25, -0.2) is 19.6 Å². The van der Waals surface area contributed by atoms with Crippen LogP contribution in [0.1, 0.15) is 103 Å². The van der Waals surface area contributed by atoms with Crippen molar-refractivity contribution >= 4 is 46.1 Å². The maximum atomic E-state index is 13.8. The molecule has 1 aliphatic carbocycles. The zero-order valence-electron chi connectivity index (χ0n) is 36.7. The molecular formula is C47H56N8O8. The second kappa shape index (κ2) is 16.8. The Bertz CT molecular complexity index is 2410. The molecule has 4 N–H and O–H groups in total. The number of aromatic amines is 2. The quantitative estimate of drug-likeness (QED) is 0.107. The van der Waals surface area contributed by atoms with Gasteiger partial charge in [0.05, 0.1) is 48.4 Å². The predicted molar refractivity (Wildman–Crippen MR) is 235 cm³/mol. The van der Waals surface area contributed by atoms with E-state index in [0.717, 1.165) is 95.7 Å². The first kappa shape index (κ1) is 42.0. The van der Waals surface area contributed by atoms with E-state index in [1.807, 2.05) is 61.8 Å². The number of hydrogen-bond donors (Lipinski definition) is 4. The number of hydrogen-bond acceptors (Lipinski definition) is 10. The van der Waals surface area contributed by atoms with Crippen LogP contribution in [0, 0.1) is 11.8 Å². The van der Waals surface area contributed by atoms with E-state index in [1.54, 1.807) is 0 Å². The van der Waals surface area contributed by atoms with Gasteiger partial charge in [-0.15, -0.1) is 0 Å². The summed E-state index contributed by atoms with van der Waals surface area (Å²) < 4.78 is 23.3. The normalized spacial score (nSPS) is 20.0. The van der Waals surface area contributed by atoms with Crippen LogP contribution < -0.4 is 20.1 Å². The van der Waals surface area contributed by atoms with E-state index < -0.39 is 30.1 Å². The molecule has 4 atom stereocenters. The number of benzene rings is 3. The van der Waals surface area contributed by atoms with E-state index in [9.17, 15) is 19.2 Å². The van der Waals surface area contributed by atoms with Gasteiger partial charge in [0.1, 0.15) is 23.7 Å². The van der Waals surface area contributed by atoms with Crippen molar-refractivity contribution in [2.24, 2.45) is 11.8 Å². The number of ether oxygens (including phenoxy) is 4. The van der Waals surface area contributed by atoms with Gasteiger partial charge >= 0.3 is 12.2 Å². The standard InChI is InChI=1S/C47H56N8O8/c1-25(2)37(52-45(58)60-5)43(56)54-21-9-11-35(54)41-48-31-17-13-27(23-33(31)50-41)29-15-16-30(40-39(29)62-47(63-40)19-7-8-20-47)28-14-18-32-34(24-28)51-42(49-32)36-12-10-22-55(36)44(57)38(26(3)4)53-46(59)61-6/h13-18,23-26,35-38H,7-12,19-22H2,1-6H3,(H,48,50)(H,49,51)(H,52,58)(H,53,59)/t35-,36-,37-,38-/m0/s1. The topological polar surface area (TPSA) is 193 Å². The maximum Gasteiger partial charge on any atom is 0.407 e. The third-order valence-electron chi connectivity index (χ3n) is 13.2. The lowest BCUT2D eigenvalue weighted by atomic mass is 9.97. The summed E-state index contributed by atoms with van der Waals surface area (Å²) in [4.78, 5) is 72.4. The maximum absolute atomic E-state index is 13.8. The summed E-state index contributed by atoms with van der Waals surface area (Å²) in [6, 6.07) is 14.4. The Balaban J connectivity index is 1.01. The molecule has 63 heavy (non-hydrogen) atoms. The predicted octanol–water partition coefficient (Wildman–Crippen LogP) is 7.90. The lowest BCUT2D eigenvalue weighted by Gasteiger charge is -2.29. The fraction of sp³-hybridized carbons (Fsp3) is 0.489. The number of carbonyl (C=O) groups is 4. The van der Waals surface area contributed by atoms with Gasteiger partial charge in [-0.2, -0.15) is 0 Å².